The van der Waals surface area contributed by atoms with Crippen molar-refractivity contribution in [2.45, 2.75) is 64.1 Å². The molecule has 3 unspecified atom stereocenters. The normalized spacial score (nSPS) is 22.9. The van der Waals surface area contributed by atoms with E-state index in [1.807, 2.05) is 16.8 Å². The molecule has 5 nitrogen and oxygen atoms in total. The van der Waals surface area contributed by atoms with Crippen molar-refractivity contribution >= 4 is 13.3 Å². The number of hydrogen-bond donors (Lipinski definition) is 0. The van der Waals surface area contributed by atoms with E-state index in [-0.39, 0.29) is 5.82 Å². The molecule has 0 N–H and O–H groups in total. The molecule has 0 saturated carbocycles. The van der Waals surface area contributed by atoms with Crippen LogP contribution < -0.4 is 5.19 Å². The molecule has 2 heterocycles. The quantitative estimate of drug-likeness (QED) is 0.602. The van der Waals surface area contributed by atoms with Crippen molar-refractivity contribution in [2.24, 2.45) is 0 Å². The molecule has 2 aromatic rings. The Kier molecular flexibility index (Phi) is 7.37. The lowest BCUT2D eigenvalue weighted by Gasteiger charge is -2.36. The lowest BCUT2D eigenvalue weighted by molar-refractivity contribution is -0.0677. The summed E-state index contributed by atoms with van der Waals surface area (Å²) < 4.78 is 21.2. The van der Waals surface area contributed by atoms with Gasteiger partial charge in [-0.25, -0.2) is 9.37 Å². The number of aromatic nitrogens is 3. The minimum absolute atomic E-state index is 0.154. The summed E-state index contributed by atoms with van der Waals surface area (Å²) in [5.74, 6) is -0.154. The zero-order valence-corrected chi connectivity index (χ0v) is 18.4. The summed E-state index contributed by atoms with van der Waals surface area (Å²) in [6.07, 6.45) is 6.25. The summed E-state index contributed by atoms with van der Waals surface area (Å²) >= 11 is 0. The van der Waals surface area contributed by atoms with Crippen LogP contribution in [-0.4, -0.2) is 59.6 Å². The van der Waals surface area contributed by atoms with Gasteiger partial charge in [0.1, 0.15) is 18.5 Å². The first-order chi connectivity index (χ1) is 13.4. The minimum Gasteiger partial charge on any atom is -0.373 e. The van der Waals surface area contributed by atoms with Crippen molar-refractivity contribution < 1.29 is 9.13 Å². The molecule has 0 bridgehead atoms. The number of nitrogens with zero attached hydrogens (tertiary/aromatic N) is 4. The van der Waals surface area contributed by atoms with Gasteiger partial charge in [-0.2, -0.15) is 5.10 Å². The van der Waals surface area contributed by atoms with E-state index in [1.165, 1.54) is 23.7 Å². The summed E-state index contributed by atoms with van der Waals surface area (Å²) in [5.41, 5.74) is 0. The van der Waals surface area contributed by atoms with Gasteiger partial charge in [0.25, 0.3) is 0 Å². The van der Waals surface area contributed by atoms with Gasteiger partial charge in [0, 0.05) is 19.6 Å². The Bertz CT molecular complexity index is 702. The average Bonchev–Trinajstić information content (AvgIpc) is 3.15. The minimum atomic E-state index is -1.69. The Labute approximate surface area is 168 Å². The number of benzene rings is 1. The molecule has 1 aromatic heterocycles. The lowest BCUT2D eigenvalue weighted by Crippen LogP contribution is -2.47. The highest BCUT2D eigenvalue weighted by Gasteiger charge is 2.29. The topological polar surface area (TPSA) is 43.2 Å². The van der Waals surface area contributed by atoms with Crippen LogP contribution in [0.3, 0.4) is 0 Å². The molecule has 0 aliphatic carbocycles. The third-order valence-corrected chi connectivity index (χ3v) is 10.5. The second-order valence-electron chi connectivity index (χ2n) is 8.45. The van der Waals surface area contributed by atoms with E-state index in [0.717, 1.165) is 32.6 Å². The van der Waals surface area contributed by atoms with Crippen molar-refractivity contribution in [1.29, 1.82) is 0 Å². The van der Waals surface area contributed by atoms with Gasteiger partial charge in [-0.05, 0) is 45.4 Å². The Morgan fingerprint density at radius 1 is 1.07 bits per heavy atom. The average molecular weight is 405 g/mol. The van der Waals surface area contributed by atoms with Crippen LogP contribution in [0.4, 0.5) is 4.39 Å². The molecule has 28 heavy (non-hydrogen) atoms. The van der Waals surface area contributed by atoms with E-state index in [4.69, 9.17) is 4.74 Å². The maximum Gasteiger partial charge on any atom is 0.137 e. The first-order valence-corrected chi connectivity index (χ1v) is 13.3. The maximum atomic E-state index is 13.5. The van der Waals surface area contributed by atoms with Gasteiger partial charge < -0.3 is 4.74 Å². The van der Waals surface area contributed by atoms with Crippen molar-refractivity contribution in [3.8, 4) is 0 Å². The highest BCUT2D eigenvalue weighted by atomic mass is 28.3. The molecule has 1 fully saturated rings. The van der Waals surface area contributed by atoms with Crippen LogP contribution in [0.1, 0.15) is 26.7 Å². The van der Waals surface area contributed by atoms with Crippen molar-refractivity contribution in [2.75, 3.05) is 19.6 Å². The summed E-state index contributed by atoms with van der Waals surface area (Å²) in [7, 11) is -1.69. The number of ether oxygens (including phenoxy) is 1. The fraction of sp³-hybridized carbons (Fsp3) is 0.619. The Morgan fingerprint density at radius 2 is 1.71 bits per heavy atom. The highest BCUT2D eigenvalue weighted by Crippen LogP contribution is 2.22. The van der Waals surface area contributed by atoms with Crippen LogP contribution in [-0.2, 0) is 11.3 Å². The first-order valence-electron chi connectivity index (χ1n) is 10.4. The van der Waals surface area contributed by atoms with Gasteiger partial charge in [0.2, 0.25) is 0 Å². The van der Waals surface area contributed by atoms with E-state index < -0.39 is 8.07 Å². The van der Waals surface area contributed by atoms with Crippen molar-refractivity contribution in [3.05, 3.63) is 42.7 Å². The van der Waals surface area contributed by atoms with Crippen LogP contribution in [0.2, 0.25) is 18.6 Å². The largest absolute Gasteiger partial charge is 0.373 e. The highest BCUT2D eigenvalue weighted by molar-refractivity contribution is 6.90. The van der Waals surface area contributed by atoms with Crippen LogP contribution in [0.15, 0.2) is 36.9 Å². The van der Waals surface area contributed by atoms with Gasteiger partial charge >= 0.3 is 0 Å². The van der Waals surface area contributed by atoms with E-state index in [9.17, 15) is 4.39 Å². The first kappa shape index (κ1) is 21.1. The molecule has 1 aliphatic heterocycles. The molecule has 1 aliphatic rings. The van der Waals surface area contributed by atoms with Crippen molar-refractivity contribution in [1.82, 2.24) is 19.7 Å². The van der Waals surface area contributed by atoms with Gasteiger partial charge in [-0.1, -0.05) is 36.0 Å². The molecule has 0 radical (unpaired) electrons. The fourth-order valence-corrected chi connectivity index (χ4v) is 8.08. The SMILES string of the molecule is CC1CN(CCC[Si](C)(CCCn2cncn2)c2ccc(F)cc2)CC(C)O1. The number of morpholine rings is 1. The van der Waals surface area contributed by atoms with E-state index in [2.05, 4.69) is 35.4 Å². The molecule has 0 amide bonds. The Morgan fingerprint density at radius 3 is 2.32 bits per heavy atom. The summed E-state index contributed by atoms with van der Waals surface area (Å²) in [6.45, 7) is 10.8. The number of aryl methyl sites for hydroxylation is 1. The molecule has 0 spiro atoms. The summed E-state index contributed by atoms with van der Waals surface area (Å²) in [6, 6.07) is 9.64. The molecular formula is C21H33FN4OSi. The van der Waals surface area contributed by atoms with E-state index >= 15 is 0 Å². The number of rotatable bonds is 9. The molecule has 1 aromatic carbocycles. The van der Waals surface area contributed by atoms with Gasteiger partial charge in [0.15, 0.2) is 0 Å². The molecule has 3 rings (SSSR count). The molecule has 7 heteroatoms. The summed E-state index contributed by atoms with van der Waals surface area (Å²) in [5, 5.41) is 5.57. The second kappa shape index (κ2) is 9.76. The Balaban J connectivity index is 1.59. The summed E-state index contributed by atoms with van der Waals surface area (Å²) in [4.78, 5) is 6.56. The maximum absolute atomic E-state index is 13.5. The van der Waals surface area contributed by atoms with Crippen LogP contribution in [0, 0.1) is 5.82 Å². The molecule has 3 atom stereocenters. The molecular weight excluding hydrogens is 371 g/mol. The van der Waals surface area contributed by atoms with Gasteiger partial charge in [-0.15, -0.1) is 0 Å². The van der Waals surface area contributed by atoms with Crippen LogP contribution in [0.5, 0.6) is 0 Å². The Hall–Kier alpha value is -1.57. The van der Waals surface area contributed by atoms with Gasteiger partial charge in [-0.3, -0.25) is 9.58 Å². The zero-order valence-electron chi connectivity index (χ0n) is 17.4. The zero-order chi connectivity index (χ0) is 20.0. The molecule has 1 saturated heterocycles. The predicted molar refractivity (Wildman–Crippen MR) is 113 cm³/mol. The van der Waals surface area contributed by atoms with E-state index in [1.54, 1.807) is 24.8 Å². The predicted octanol–water partition coefficient (Wildman–Crippen LogP) is 3.29. The van der Waals surface area contributed by atoms with Crippen molar-refractivity contribution in [3.63, 3.8) is 0 Å². The standard InChI is InChI=1S/C21H33FN4OSi/c1-18-14-25(15-19(2)27-18)10-4-12-28(3,21-8-6-20(22)7-9-21)13-5-11-26-17-23-16-24-26/h6-9,16-19H,4-5,10-15H2,1-3H3. The monoisotopic (exact) mass is 404 g/mol. The smallest absolute Gasteiger partial charge is 0.137 e. The third kappa shape index (κ3) is 5.96. The fourth-order valence-electron chi connectivity index (χ4n) is 4.41. The second-order valence-corrected chi connectivity index (χ2v) is 13.1. The van der Waals surface area contributed by atoms with E-state index in [0.29, 0.717) is 12.2 Å². The van der Waals surface area contributed by atoms with Crippen LogP contribution >= 0.6 is 0 Å². The number of hydrogen-bond acceptors (Lipinski definition) is 4. The lowest BCUT2D eigenvalue weighted by atomic mass is 10.2. The van der Waals surface area contributed by atoms with Gasteiger partial charge in [0.05, 0.1) is 20.3 Å². The van der Waals surface area contributed by atoms with Crippen LogP contribution in [0.25, 0.3) is 0 Å². The number of halogens is 1. The molecule has 154 valence electrons. The third-order valence-electron chi connectivity index (χ3n) is 5.82.